The maximum absolute atomic E-state index is 12.2. The Bertz CT molecular complexity index is 801. The van der Waals surface area contributed by atoms with Crippen LogP contribution in [0.1, 0.15) is 67.9 Å². The number of amides is 1. The quantitative estimate of drug-likeness (QED) is 0.457. The van der Waals surface area contributed by atoms with Gasteiger partial charge in [-0.2, -0.15) is 0 Å². The lowest BCUT2D eigenvalue weighted by atomic mass is 9.85. The highest BCUT2D eigenvalue weighted by Gasteiger charge is 2.35. The molecule has 4 N–H and O–H groups in total. The van der Waals surface area contributed by atoms with Gasteiger partial charge >= 0.3 is 5.97 Å². The molecule has 1 aromatic rings. The van der Waals surface area contributed by atoms with Gasteiger partial charge in [0.05, 0.1) is 18.7 Å². The molecule has 1 fully saturated rings. The molecule has 29 heavy (non-hydrogen) atoms. The van der Waals surface area contributed by atoms with Crippen molar-refractivity contribution in [3.63, 3.8) is 0 Å². The topological polar surface area (TPSA) is 102 Å². The molecule has 0 bridgehead atoms. The van der Waals surface area contributed by atoms with E-state index in [9.17, 15) is 9.59 Å². The molecule has 1 aromatic carbocycles. The van der Waals surface area contributed by atoms with Crippen LogP contribution in [0.5, 0.6) is 0 Å². The minimum absolute atomic E-state index is 0.0387. The second-order valence-electron chi connectivity index (χ2n) is 8.23. The van der Waals surface area contributed by atoms with Gasteiger partial charge in [0, 0.05) is 42.5 Å². The molecular formula is C22H32N4O3. The predicted molar refractivity (Wildman–Crippen MR) is 113 cm³/mol. The third kappa shape index (κ3) is 4.40. The summed E-state index contributed by atoms with van der Waals surface area (Å²) in [5, 5.41) is 1.66. The summed E-state index contributed by atoms with van der Waals surface area (Å²) in [7, 11) is 1.35. The highest BCUT2D eigenvalue weighted by atomic mass is 16.5. The Labute approximate surface area is 172 Å². The Kier molecular flexibility index (Phi) is 6.47. The van der Waals surface area contributed by atoms with Crippen molar-refractivity contribution >= 4 is 17.6 Å². The molecule has 0 spiro atoms. The third-order valence-corrected chi connectivity index (χ3v) is 6.14. The molecule has 2 atom stereocenters. The molecule has 0 radical (unpaired) electrons. The molecule has 1 aliphatic heterocycles. The summed E-state index contributed by atoms with van der Waals surface area (Å²) in [6, 6.07) is 5.06. The van der Waals surface area contributed by atoms with E-state index in [4.69, 9.17) is 16.3 Å². The monoisotopic (exact) mass is 400 g/mol. The van der Waals surface area contributed by atoms with Crippen molar-refractivity contribution in [3.05, 3.63) is 41.2 Å². The molecular weight excluding hydrogens is 368 g/mol. The Morgan fingerprint density at radius 2 is 1.93 bits per heavy atom. The fourth-order valence-electron chi connectivity index (χ4n) is 4.62. The number of rotatable bonds is 4. The summed E-state index contributed by atoms with van der Waals surface area (Å²) in [5.74, 6) is 6.46. The third-order valence-electron chi connectivity index (χ3n) is 6.14. The molecule has 7 nitrogen and oxygen atoms in total. The lowest BCUT2D eigenvalue weighted by molar-refractivity contribution is -0.116. The van der Waals surface area contributed by atoms with E-state index in [1.54, 1.807) is 35.0 Å². The zero-order valence-electron chi connectivity index (χ0n) is 17.6. The van der Waals surface area contributed by atoms with E-state index in [0.717, 1.165) is 29.8 Å². The summed E-state index contributed by atoms with van der Waals surface area (Å²) in [4.78, 5) is 26.0. The van der Waals surface area contributed by atoms with Crippen LogP contribution in [0, 0.1) is 11.8 Å². The number of hydrogen-bond acceptors (Lipinski definition) is 6. The number of ether oxygens (including phenoxy) is 1. The SMILES string of the molecule is COC(=O)c1ccc2c(c1)C(N(N)/C=C(\N)C1CCCCC1)C(C)CN2C(C)=O. The van der Waals surface area contributed by atoms with Crippen molar-refractivity contribution in [2.75, 3.05) is 18.6 Å². The number of anilines is 1. The normalized spacial score (nSPS) is 22.8. The van der Waals surface area contributed by atoms with Gasteiger partial charge in [0.15, 0.2) is 0 Å². The van der Waals surface area contributed by atoms with E-state index in [1.807, 2.05) is 6.20 Å². The van der Waals surface area contributed by atoms with Gasteiger partial charge in [-0.3, -0.25) is 4.79 Å². The maximum atomic E-state index is 12.2. The van der Waals surface area contributed by atoms with Crippen molar-refractivity contribution in [3.8, 4) is 0 Å². The number of benzene rings is 1. The molecule has 2 unspecified atom stereocenters. The van der Waals surface area contributed by atoms with E-state index in [1.165, 1.54) is 26.4 Å². The molecule has 3 rings (SSSR count). The van der Waals surface area contributed by atoms with E-state index in [2.05, 4.69) is 6.92 Å². The van der Waals surface area contributed by atoms with Crippen molar-refractivity contribution in [2.45, 2.75) is 52.0 Å². The second-order valence-corrected chi connectivity index (χ2v) is 8.23. The number of nitrogens with two attached hydrogens (primary N) is 2. The smallest absolute Gasteiger partial charge is 0.337 e. The van der Waals surface area contributed by atoms with Crippen LogP contribution in [-0.4, -0.2) is 30.5 Å². The number of hydrogen-bond donors (Lipinski definition) is 2. The fourth-order valence-corrected chi connectivity index (χ4v) is 4.62. The summed E-state index contributed by atoms with van der Waals surface area (Å²) >= 11 is 0. The van der Waals surface area contributed by atoms with Gasteiger partial charge in [0.25, 0.3) is 0 Å². The highest BCUT2D eigenvalue weighted by Crippen LogP contribution is 2.41. The lowest BCUT2D eigenvalue weighted by Crippen LogP contribution is -2.46. The fraction of sp³-hybridized carbons (Fsp3) is 0.545. The first-order chi connectivity index (χ1) is 13.8. The Morgan fingerprint density at radius 1 is 1.24 bits per heavy atom. The average Bonchev–Trinajstić information content (AvgIpc) is 2.72. The summed E-state index contributed by atoms with van der Waals surface area (Å²) in [6.07, 6.45) is 7.69. The van der Waals surface area contributed by atoms with Crippen molar-refractivity contribution in [2.24, 2.45) is 23.4 Å². The molecule has 2 aliphatic rings. The Hall–Kier alpha value is -2.54. The Morgan fingerprint density at radius 3 is 2.55 bits per heavy atom. The number of methoxy groups -OCH3 is 1. The number of allylic oxidation sites excluding steroid dienone is 1. The van der Waals surface area contributed by atoms with Gasteiger partial charge in [-0.05, 0) is 37.0 Å². The van der Waals surface area contributed by atoms with Crippen LogP contribution in [0.2, 0.25) is 0 Å². The molecule has 7 heteroatoms. The van der Waals surface area contributed by atoms with E-state index >= 15 is 0 Å². The van der Waals surface area contributed by atoms with Gasteiger partial charge in [-0.15, -0.1) is 0 Å². The van der Waals surface area contributed by atoms with Crippen molar-refractivity contribution in [1.29, 1.82) is 0 Å². The second kappa shape index (κ2) is 8.86. The largest absolute Gasteiger partial charge is 0.465 e. The molecule has 0 saturated heterocycles. The van der Waals surface area contributed by atoms with Crippen LogP contribution in [0.3, 0.4) is 0 Å². The first-order valence-corrected chi connectivity index (χ1v) is 10.3. The van der Waals surface area contributed by atoms with E-state index in [0.29, 0.717) is 18.0 Å². The molecule has 158 valence electrons. The number of fused-ring (bicyclic) bond motifs is 1. The average molecular weight is 401 g/mol. The molecule has 1 aliphatic carbocycles. The number of hydrazine groups is 1. The van der Waals surface area contributed by atoms with Gasteiger partial charge in [-0.25, -0.2) is 10.6 Å². The summed E-state index contributed by atoms with van der Waals surface area (Å²) < 4.78 is 4.87. The lowest BCUT2D eigenvalue weighted by Gasteiger charge is -2.42. The summed E-state index contributed by atoms with van der Waals surface area (Å²) in [6.45, 7) is 4.15. The molecule has 1 saturated carbocycles. The number of esters is 1. The van der Waals surface area contributed by atoms with E-state index < -0.39 is 5.97 Å². The first kappa shape index (κ1) is 21.2. The number of nitrogens with zero attached hydrogens (tertiary/aromatic N) is 2. The van der Waals surface area contributed by atoms with E-state index in [-0.39, 0.29) is 17.9 Å². The van der Waals surface area contributed by atoms with Crippen LogP contribution in [0.25, 0.3) is 0 Å². The molecule has 1 heterocycles. The van der Waals surface area contributed by atoms with Gasteiger partial charge in [0.1, 0.15) is 0 Å². The molecule has 0 aromatic heterocycles. The van der Waals surface area contributed by atoms with Crippen LogP contribution < -0.4 is 16.5 Å². The maximum Gasteiger partial charge on any atom is 0.337 e. The van der Waals surface area contributed by atoms with Crippen LogP contribution in [0.4, 0.5) is 5.69 Å². The van der Waals surface area contributed by atoms with Gasteiger partial charge < -0.3 is 20.4 Å². The van der Waals surface area contributed by atoms with Crippen LogP contribution in [-0.2, 0) is 9.53 Å². The van der Waals surface area contributed by atoms with Crippen molar-refractivity contribution < 1.29 is 14.3 Å². The number of carbonyl (C=O) groups is 2. The highest BCUT2D eigenvalue weighted by molar-refractivity contribution is 5.95. The Balaban J connectivity index is 1.98. The summed E-state index contributed by atoms with van der Waals surface area (Å²) in [5.41, 5.74) is 9.24. The standard InChI is InChI=1S/C22H32N4O3/c1-14-12-25(15(2)27)20-10-9-17(22(28)29-3)11-18(20)21(14)26(24)13-19(23)16-7-5-4-6-8-16/h9-11,13-14,16,21H,4-8,12,23-24H2,1-3H3/b19-13-. The molecule has 1 amide bonds. The van der Waals surface area contributed by atoms with Crippen LogP contribution >= 0.6 is 0 Å². The minimum atomic E-state index is -0.417. The van der Waals surface area contributed by atoms with Crippen molar-refractivity contribution in [1.82, 2.24) is 5.01 Å². The minimum Gasteiger partial charge on any atom is -0.465 e. The zero-order valence-corrected chi connectivity index (χ0v) is 17.6. The zero-order chi connectivity index (χ0) is 21.1. The van der Waals surface area contributed by atoms with Gasteiger partial charge in [-0.1, -0.05) is 26.2 Å². The predicted octanol–water partition coefficient (Wildman–Crippen LogP) is 3.07. The number of carbonyl (C=O) groups excluding carboxylic acids is 2. The first-order valence-electron chi connectivity index (χ1n) is 10.3. The van der Waals surface area contributed by atoms with Gasteiger partial charge in [0.2, 0.25) is 5.91 Å². The van der Waals surface area contributed by atoms with Crippen LogP contribution in [0.15, 0.2) is 30.1 Å².